The molecule has 5 heteroatoms. The van der Waals surface area contributed by atoms with E-state index in [-0.39, 0.29) is 6.09 Å². The lowest BCUT2D eigenvalue weighted by atomic mass is 9.95. The maximum atomic E-state index is 11.5. The van der Waals surface area contributed by atoms with Gasteiger partial charge in [-0.1, -0.05) is 12.8 Å². The summed E-state index contributed by atoms with van der Waals surface area (Å²) in [6, 6.07) is 0.545. The molecule has 0 unspecified atom stereocenters. The van der Waals surface area contributed by atoms with Crippen LogP contribution in [0, 0.1) is 5.92 Å². The number of amides is 1. The molecule has 1 aliphatic rings. The fraction of sp³-hybridized carbons (Fsp3) is 0.944. The molecular weight excluding hydrogens is 292 g/mol. The van der Waals surface area contributed by atoms with Gasteiger partial charge >= 0.3 is 6.09 Å². The molecule has 1 fully saturated rings. The molecule has 1 rings (SSSR count). The van der Waals surface area contributed by atoms with Crippen molar-refractivity contribution in [3.8, 4) is 0 Å². The number of ether oxygens (including phenoxy) is 2. The quantitative estimate of drug-likeness (QED) is 0.636. The van der Waals surface area contributed by atoms with E-state index in [9.17, 15) is 4.79 Å². The second kappa shape index (κ2) is 10.9. The largest absolute Gasteiger partial charge is 0.444 e. The van der Waals surface area contributed by atoms with Gasteiger partial charge in [0.15, 0.2) is 0 Å². The number of alkyl carbamates (subject to hydrolysis) is 1. The zero-order valence-electron chi connectivity index (χ0n) is 15.5. The highest BCUT2D eigenvalue weighted by molar-refractivity contribution is 5.67. The number of hydrogen-bond acceptors (Lipinski definition) is 4. The molecule has 1 amide bonds. The number of carbonyl (C=O) groups is 1. The first-order valence-electron chi connectivity index (χ1n) is 9.16. The highest BCUT2D eigenvalue weighted by atomic mass is 16.6. The van der Waals surface area contributed by atoms with E-state index in [0.717, 1.165) is 32.6 Å². The molecule has 0 aromatic carbocycles. The van der Waals surface area contributed by atoms with Crippen LogP contribution in [-0.2, 0) is 9.47 Å². The van der Waals surface area contributed by atoms with Gasteiger partial charge in [-0.05, 0) is 65.8 Å². The van der Waals surface area contributed by atoms with Gasteiger partial charge in [-0.15, -0.1) is 0 Å². The molecule has 0 bridgehead atoms. The van der Waals surface area contributed by atoms with E-state index in [2.05, 4.69) is 17.6 Å². The van der Waals surface area contributed by atoms with Gasteiger partial charge < -0.3 is 20.1 Å². The minimum atomic E-state index is -0.421. The average molecular weight is 328 g/mol. The van der Waals surface area contributed by atoms with Crippen molar-refractivity contribution in [1.82, 2.24) is 10.6 Å². The smallest absolute Gasteiger partial charge is 0.407 e. The van der Waals surface area contributed by atoms with Gasteiger partial charge in [-0.3, -0.25) is 0 Å². The average Bonchev–Trinajstić information content (AvgIpc) is 2.48. The van der Waals surface area contributed by atoms with Crippen molar-refractivity contribution in [2.45, 2.75) is 77.9 Å². The molecule has 2 atom stereocenters. The molecule has 5 nitrogen and oxygen atoms in total. The topological polar surface area (TPSA) is 59.6 Å². The van der Waals surface area contributed by atoms with Crippen LogP contribution in [0.3, 0.4) is 0 Å². The SMILES string of the molecule is C[C@H](NCCCCCCNC(=O)OC(C)(C)C)[C@H]1CCCOC1. The summed E-state index contributed by atoms with van der Waals surface area (Å²) >= 11 is 0. The van der Waals surface area contributed by atoms with E-state index in [1.165, 1.54) is 25.7 Å². The molecule has 1 saturated heterocycles. The Labute approximate surface area is 141 Å². The molecule has 23 heavy (non-hydrogen) atoms. The van der Waals surface area contributed by atoms with Crippen molar-refractivity contribution in [2.75, 3.05) is 26.3 Å². The van der Waals surface area contributed by atoms with Gasteiger partial charge in [0, 0.05) is 19.2 Å². The Morgan fingerprint density at radius 2 is 1.91 bits per heavy atom. The van der Waals surface area contributed by atoms with Gasteiger partial charge in [0.1, 0.15) is 5.60 Å². The van der Waals surface area contributed by atoms with Crippen LogP contribution >= 0.6 is 0 Å². The lowest BCUT2D eigenvalue weighted by Crippen LogP contribution is -2.38. The van der Waals surface area contributed by atoms with E-state index in [1.807, 2.05) is 20.8 Å². The van der Waals surface area contributed by atoms with E-state index < -0.39 is 5.60 Å². The van der Waals surface area contributed by atoms with Crippen molar-refractivity contribution in [1.29, 1.82) is 0 Å². The van der Waals surface area contributed by atoms with E-state index >= 15 is 0 Å². The maximum Gasteiger partial charge on any atom is 0.407 e. The third-order valence-corrected chi connectivity index (χ3v) is 4.14. The minimum Gasteiger partial charge on any atom is -0.444 e. The van der Waals surface area contributed by atoms with Crippen LogP contribution in [0.2, 0.25) is 0 Å². The monoisotopic (exact) mass is 328 g/mol. The molecule has 1 aliphatic heterocycles. The molecule has 0 aromatic heterocycles. The summed E-state index contributed by atoms with van der Waals surface area (Å²) in [6.07, 6.45) is 6.68. The van der Waals surface area contributed by atoms with Crippen LogP contribution in [0.4, 0.5) is 4.79 Å². The van der Waals surface area contributed by atoms with Crippen LogP contribution in [0.25, 0.3) is 0 Å². The van der Waals surface area contributed by atoms with E-state index in [0.29, 0.717) is 18.5 Å². The zero-order valence-corrected chi connectivity index (χ0v) is 15.5. The first-order valence-corrected chi connectivity index (χ1v) is 9.16. The van der Waals surface area contributed by atoms with E-state index in [4.69, 9.17) is 9.47 Å². The van der Waals surface area contributed by atoms with Gasteiger partial charge in [0.2, 0.25) is 0 Å². The summed E-state index contributed by atoms with van der Waals surface area (Å²) < 4.78 is 10.7. The molecule has 2 N–H and O–H groups in total. The molecule has 0 spiro atoms. The van der Waals surface area contributed by atoms with Crippen LogP contribution < -0.4 is 10.6 Å². The third kappa shape index (κ3) is 10.6. The lowest BCUT2D eigenvalue weighted by Gasteiger charge is -2.28. The van der Waals surface area contributed by atoms with Gasteiger partial charge in [0.05, 0.1) is 6.61 Å². The zero-order chi connectivity index (χ0) is 17.1. The number of carbonyl (C=O) groups excluding carboxylic acids is 1. The summed E-state index contributed by atoms with van der Waals surface area (Å²) in [5.41, 5.74) is -0.421. The van der Waals surface area contributed by atoms with Crippen molar-refractivity contribution in [3.05, 3.63) is 0 Å². The Balaban J connectivity index is 1.90. The molecule has 0 aliphatic carbocycles. The summed E-state index contributed by atoms with van der Waals surface area (Å²) in [6.45, 7) is 11.5. The van der Waals surface area contributed by atoms with Crippen molar-refractivity contribution >= 4 is 6.09 Å². The van der Waals surface area contributed by atoms with Gasteiger partial charge in [-0.25, -0.2) is 4.79 Å². The highest BCUT2D eigenvalue weighted by Gasteiger charge is 2.19. The fourth-order valence-corrected chi connectivity index (χ4v) is 2.76. The van der Waals surface area contributed by atoms with E-state index in [1.54, 1.807) is 0 Å². The number of rotatable bonds is 9. The fourth-order valence-electron chi connectivity index (χ4n) is 2.76. The normalized spacial score (nSPS) is 20.1. The lowest BCUT2D eigenvalue weighted by molar-refractivity contribution is 0.0420. The van der Waals surface area contributed by atoms with Crippen LogP contribution in [0.15, 0.2) is 0 Å². The Hall–Kier alpha value is -0.810. The molecule has 0 aromatic rings. The van der Waals surface area contributed by atoms with Crippen molar-refractivity contribution in [2.24, 2.45) is 5.92 Å². The van der Waals surface area contributed by atoms with Crippen LogP contribution in [0.1, 0.15) is 66.2 Å². The number of nitrogens with one attached hydrogen (secondary N) is 2. The molecule has 1 heterocycles. The second-order valence-electron chi connectivity index (χ2n) is 7.56. The first kappa shape index (κ1) is 20.2. The van der Waals surface area contributed by atoms with Crippen LogP contribution in [0.5, 0.6) is 0 Å². The summed E-state index contributed by atoms with van der Waals surface area (Å²) in [5.74, 6) is 0.668. The predicted molar refractivity (Wildman–Crippen MR) is 93.7 cm³/mol. The Bertz CT molecular complexity index is 323. The van der Waals surface area contributed by atoms with Crippen molar-refractivity contribution < 1.29 is 14.3 Å². The minimum absolute atomic E-state index is 0.317. The number of unbranched alkanes of at least 4 members (excludes halogenated alkanes) is 3. The third-order valence-electron chi connectivity index (χ3n) is 4.14. The Morgan fingerprint density at radius 3 is 2.52 bits per heavy atom. The Morgan fingerprint density at radius 1 is 1.22 bits per heavy atom. The summed E-state index contributed by atoms with van der Waals surface area (Å²) in [4.78, 5) is 11.5. The molecular formula is C18H36N2O3. The van der Waals surface area contributed by atoms with Crippen LogP contribution in [-0.4, -0.2) is 44.0 Å². The van der Waals surface area contributed by atoms with Gasteiger partial charge in [0.25, 0.3) is 0 Å². The van der Waals surface area contributed by atoms with Crippen molar-refractivity contribution in [3.63, 3.8) is 0 Å². The summed E-state index contributed by atoms with van der Waals surface area (Å²) in [7, 11) is 0. The van der Waals surface area contributed by atoms with Gasteiger partial charge in [-0.2, -0.15) is 0 Å². The standard InChI is InChI=1S/C18H36N2O3/c1-15(16-10-9-13-22-14-16)19-11-7-5-6-8-12-20-17(21)23-18(2,3)4/h15-16,19H,5-14H2,1-4H3,(H,20,21)/t15-,16-/m0/s1. The predicted octanol–water partition coefficient (Wildman–Crippen LogP) is 3.48. The Kier molecular flexibility index (Phi) is 9.56. The highest BCUT2D eigenvalue weighted by Crippen LogP contribution is 2.17. The second-order valence-corrected chi connectivity index (χ2v) is 7.56. The summed E-state index contributed by atoms with van der Waals surface area (Å²) in [5, 5.41) is 6.42. The first-order chi connectivity index (χ1) is 10.9. The maximum absolute atomic E-state index is 11.5. The molecule has 0 saturated carbocycles. The number of hydrogen-bond donors (Lipinski definition) is 2. The molecule has 136 valence electrons. The molecule has 0 radical (unpaired) electrons.